The number of ether oxygens (including phenoxy) is 1. The predicted molar refractivity (Wildman–Crippen MR) is 101 cm³/mol. The second kappa shape index (κ2) is 8.64. The van der Waals surface area contributed by atoms with E-state index in [1.807, 2.05) is 25.1 Å². The van der Waals surface area contributed by atoms with E-state index in [4.69, 9.17) is 9.15 Å². The molecule has 0 spiro atoms. The summed E-state index contributed by atoms with van der Waals surface area (Å²) >= 11 is 0. The number of hydrogen-bond donors (Lipinski definition) is 1. The maximum atomic E-state index is 12.1. The van der Waals surface area contributed by atoms with Crippen molar-refractivity contribution in [3.05, 3.63) is 29.7 Å². The number of nitrogens with zero attached hydrogens (tertiary/aromatic N) is 2. The van der Waals surface area contributed by atoms with E-state index in [1.165, 1.54) is 0 Å². The Bertz CT molecular complexity index is 741. The number of rotatable bonds is 7. The van der Waals surface area contributed by atoms with Crippen molar-refractivity contribution < 1.29 is 13.9 Å². The Morgan fingerprint density at radius 2 is 2.27 bits per heavy atom. The molecule has 6 nitrogen and oxygen atoms in total. The maximum absolute atomic E-state index is 12.1. The van der Waals surface area contributed by atoms with Crippen LogP contribution in [0.4, 0.5) is 0 Å². The van der Waals surface area contributed by atoms with Gasteiger partial charge in [0.25, 0.3) is 0 Å². The Morgan fingerprint density at radius 1 is 1.42 bits per heavy atom. The minimum Gasteiger partial charge on any atom is -0.441 e. The molecule has 1 aliphatic rings. The first-order chi connectivity index (χ1) is 12.5. The third-order valence-electron chi connectivity index (χ3n) is 4.79. The smallest absolute Gasteiger partial charge is 0.222 e. The molecule has 2 heterocycles. The van der Waals surface area contributed by atoms with Gasteiger partial charge >= 0.3 is 0 Å². The van der Waals surface area contributed by atoms with Crippen molar-refractivity contribution in [2.24, 2.45) is 0 Å². The SMILES string of the molecule is Cc1ccc2nc(CCCNC(=O)C[C@H]3CN(C(C)C)CCO3)oc2c1. The Morgan fingerprint density at radius 3 is 3.08 bits per heavy atom. The summed E-state index contributed by atoms with van der Waals surface area (Å²) in [7, 11) is 0. The van der Waals surface area contributed by atoms with Gasteiger partial charge in [0.2, 0.25) is 5.91 Å². The highest BCUT2D eigenvalue weighted by atomic mass is 16.5. The van der Waals surface area contributed by atoms with Gasteiger partial charge in [-0.3, -0.25) is 9.69 Å². The number of fused-ring (bicyclic) bond motifs is 1. The Labute approximate surface area is 154 Å². The summed E-state index contributed by atoms with van der Waals surface area (Å²) in [5.74, 6) is 0.775. The number of amides is 1. The van der Waals surface area contributed by atoms with Gasteiger partial charge in [-0.25, -0.2) is 4.98 Å². The lowest BCUT2D eigenvalue weighted by Crippen LogP contribution is -2.47. The molecule has 1 atom stereocenters. The van der Waals surface area contributed by atoms with Crippen molar-refractivity contribution in [3.8, 4) is 0 Å². The molecule has 142 valence electrons. The van der Waals surface area contributed by atoms with Gasteiger partial charge in [0.05, 0.1) is 19.1 Å². The lowest BCUT2D eigenvalue weighted by atomic mass is 10.1. The molecule has 1 N–H and O–H groups in total. The number of carbonyl (C=O) groups is 1. The Balaban J connectivity index is 1.38. The van der Waals surface area contributed by atoms with Gasteiger partial charge in [0, 0.05) is 32.1 Å². The number of nitrogens with one attached hydrogen (secondary N) is 1. The highest BCUT2D eigenvalue weighted by Gasteiger charge is 2.24. The normalized spacial score (nSPS) is 18.5. The zero-order valence-corrected chi connectivity index (χ0v) is 16.0. The van der Waals surface area contributed by atoms with Gasteiger partial charge in [-0.1, -0.05) is 6.07 Å². The van der Waals surface area contributed by atoms with Crippen molar-refractivity contribution in [3.63, 3.8) is 0 Å². The van der Waals surface area contributed by atoms with Gasteiger partial charge in [-0.15, -0.1) is 0 Å². The first-order valence-corrected chi connectivity index (χ1v) is 9.49. The lowest BCUT2D eigenvalue weighted by Gasteiger charge is -2.35. The fourth-order valence-electron chi connectivity index (χ4n) is 3.27. The summed E-state index contributed by atoms with van der Waals surface area (Å²) in [6.45, 7) is 9.48. The van der Waals surface area contributed by atoms with Gasteiger partial charge in [0.1, 0.15) is 5.52 Å². The fourth-order valence-corrected chi connectivity index (χ4v) is 3.27. The zero-order valence-electron chi connectivity index (χ0n) is 16.0. The predicted octanol–water partition coefficient (Wildman–Crippen LogP) is 2.68. The summed E-state index contributed by atoms with van der Waals surface area (Å²) in [5.41, 5.74) is 2.88. The molecule has 1 fully saturated rings. The molecule has 2 aromatic rings. The number of aromatic nitrogens is 1. The average molecular weight is 359 g/mol. The van der Waals surface area contributed by atoms with Crippen LogP contribution < -0.4 is 5.32 Å². The van der Waals surface area contributed by atoms with Crippen molar-refractivity contribution >= 4 is 17.0 Å². The summed E-state index contributed by atoms with van der Waals surface area (Å²) < 4.78 is 11.5. The Hall–Kier alpha value is -1.92. The molecule has 26 heavy (non-hydrogen) atoms. The molecule has 1 aromatic heterocycles. The van der Waals surface area contributed by atoms with E-state index < -0.39 is 0 Å². The van der Waals surface area contributed by atoms with Crippen LogP contribution in [0.25, 0.3) is 11.1 Å². The molecular formula is C20H29N3O3. The molecule has 1 saturated heterocycles. The topological polar surface area (TPSA) is 67.6 Å². The minimum atomic E-state index is -0.00794. The van der Waals surface area contributed by atoms with Crippen molar-refractivity contribution in [1.29, 1.82) is 0 Å². The molecule has 0 radical (unpaired) electrons. The molecule has 0 bridgehead atoms. The van der Waals surface area contributed by atoms with Crippen LogP contribution >= 0.6 is 0 Å². The van der Waals surface area contributed by atoms with E-state index in [9.17, 15) is 4.79 Å². The summed E-state index contributed by atoms with van der Waals surface area (Å²) in [4.78, 5) is 19.0. The summed E-state index contributed by atoms with van der Waals surface area (Å²) in [6, 6.07) is 6.50. The number of benzene rings is 1. The van der Waals surface area contributed by atoms with E-state index in [1.54, 1.807) is 0 Å². The molecule has 6 heteroatoms. The molecule has 3 rings (SSSR count). The second-order valence-corrected chi connectivity index (χ2v) is 7.32. The standard InChI is InChI=1S/C20H29N3O3/c1-14(2)23-9-10-25-16(13-23)12-19(24)21-8-4-5-20-22-17-7-6-15(3)11-18(17)26-20/h6-7,11,14,16H,4-5,8-10,12-13H2,1-3H3,(H,21,24)/t16-/m0/s1. The van der Waals surface area contributed by atoms with Crippen LogP contribution in [-0.4, -0.2) is 54.2 Å². The minimum absolute atomic E-state index is 0.00794. The van der Waals surface area contributed by atoms with Gasteiger partial charge in [-0.2, -0.15) is 0 Å². The molecule has 0 aliphatic carbocycles. The van der Waals surface area contributed by atoms with Crippen LogP contribution in [-0.2, 0) is 16.0 Å². The largest absolute Gasteiger partial charge is 0.441 e. The lowest BCUT2D eigenvalue weighted by molar-refractivity contribution is -0.126. The number of hydrogen-bond acceptors (Lipinski definition) is 5. The molecule has 1 aliphatic heterocycles. The molecule has 1 aromatic carbocycles. The fraction of sp³-hybridized carbons (Fsp3) is 0.600. The van der Waals surface area contributed by atoms with Crippen LogP contribution in [0, 0.1) is 6.92 Å². The second-order valence-electron chi connectivity index (χ2n) is 7.32. The highest BCUT2D eigenvalue weighted by Crippen LogP contribution is 2.17. The molecule has 0 unspecified atom stereocenters. The third-order valence-corrected chi connectivity index (χ3v) is 4.79. The van der Waals surface area contributed by atoms with Crippen molar-refractivity contribution in [2.75, 3.05) is 26.2 Å². The van der Waals surface area contributed by atoms with E-state index in [0.717, 1.165) is 48.5 Å². The Kier molecular flexibility index (Phi) is 6.27. The van der Waals surface area contributed by atoms with E-state index in [0.29, 0.717) is 25.6 Å². The van der Waals surface area contributed by atoms with E-state index in [-0.39, 0.29) is 12.0 Å². The summed E-state index contributed by atoms with van der Waals surface area (Å²) in [6.07, 6.45) is 1.94. The maximum Gasteiger partial charge on any atom is 0.222 e. The number of carbonyl (C=O) groups excluding carboxylic acids is 1. The van der Waals surface area contributed by atoms with Crippen molar-refractivity contribution in [2.45, 2.75) is 52.2 Å². The van der Waals surface area contributed by atoms with Crippen molar-refractivity contribution in [1.82, 2.24) is 15.2 Å². The quantitative estimate of drug-likeness (QED) is 0.770. The van der Waals surface area contributed by atoms with E-state index in [2.05, 4.69) is 29.0 Å². The van der Waals surface area contributed by atoms with E-state index >= 15 is 0 Å². The summed E-state index contributed by atoms with van der Waals surface area (Å²) in [5, 5.41) is 2.98. The molecule has 1 amide bonds. The first kappa shape index (κ1) is 18.9. The monoisotopic (exact) mass is 359 g/mol. The van der Waals surface area contributed by atoms with Gasteiger partial charge in [0.15, 0.2) is 11.5 Å². The molecule has 0 saturated carbocycles. The van der Waals surface area contributed by atoms with Crippen LogP contribution in [0.2, 0.25) is 0 Å². The van der Waals surface area contributed by atoms with Crippen LogP contribution in [0.3, 0.4) is 0 Å². The van der Waals surface area contributed by atoms with Crippen LogP contribution in [0.5, 0.6) is 0 Å². The molecular weight excluding hydrogens is 330 g/mol. The van der Waals surface area contributed by atoms with Crippen LogP contribution in [0.15, 0.2) is 22.6 Å². The first-order valence-electron chi connectivity index (χ1n) is 9.49. The average Bonchev–Trinajstić information content (AvgIpc) is 3.00. The number of oxazole rings is 1. The van der Waals surface area contributed by atoms with Gasteiger partial charge in [-0.05, 0) is 44.9 Å². The van der Waals surface area contributed by atoms with Gasteiger partial charge < -0.3 is 14.5 Å². The zero-order chi connectivity index (χ0) is 18.5. The number of morpholine rings is 1. The van der Waals surface area contributed by atoms with Crippen LogP contribution in [0.1, 0.15) is 38.1 Å². The number of aryl methyl sites for hydroxylation is 2. The highest BCUT2D eigenvalue weighted by molar-refractivity contribution is 5.76. The third kappa shape index (κ3) is 5.05.